The number of nitrogens with zero attached hydrogens (tertiary/aromatic N) is 3. The van der Waals surface area contributed by atoms with Crippen LogP contribution in [-0.2, 0) is 0 Å². The van der Waals surface area contributed by atoms with Crippen LogP contribution in [0.4, 0.5) is 8.78 Å². The normalized spacial score (nSPS) is 11.0. The molecule has 23 heavy (non-hydrogen) atoms. The summed E-state index contributed by atoms with van der Waals surface area (Å²) in [4.78, 5) is 0.754. The molecular formula is C14H13Cl2F2N3S2. The van der Waals surface area contributed by atoms with E-state index in [4.69, 9.17) is 22.3 Å². The van der Waals surface area contributed by atoms with E-state index in [0.717, 1.165) is 38.3 Å². The van der Waals surface area contributed by atoms with E-state index in [1.54, 1.807) is 16.7 Å². The maximum atomic E-state index is 12.7. The predicted molar refractivity (Wildman–Crippen MR) is 94.1 cm³/mol. The van der Waals surface area contributed by atoms with Gasteiger partial charge < -0.3 is 4.40 Å². The maximum Gasteiger partial charge on any atom is 0.291 e. The van der Waals surface area contributed by atoms with Gasteiger partial charge in [0.05, 0.1) is 16.2 Å². The summed E-state index contributed by atoms with van der Waals surface area (Å²) in [5, 5.41) is 8.02. The van der Waals surface area contributed by atoms with Gasteiger partial charge in [-0.2, -0.15) is 0 Å². The minimum atomic E-state index is -2.62. The van der Waals surface area contributed by atoms with E-state index in [1.165, 1.54) is 0 Å². The van der Waals surface area contributed by atoms with Crippen LogP contribution in [0, 0.1) is 6.92 Å². The number of halogens is 4. The van der Waals surface area contributed by atoms with Crippen molar-refractivity contribution in [3.05, 3.63) is 33.9 Å². The van der Waals surface area contributed by atoms with Gasteiger partial charge in [-0.3, -0.25) is 0 Å². The standard InChI is InChI=1S/C12H7Cl2F2N3S2.C2H6/c1-5-2-8(11-17-18-12(20-11)10(15)16)19-4-6(21-14)3-7(13)9(5)19;1-2/h2-4,10H,1H3;1-2H3. The number of pyridine rings is 1. The first-order chi connectivity index (χ1) is 11.0. The number of fused-ring (bicyclic) bond motifs is 1. The summed E-state index contributed by atoms with van der Waals surface area (Å²) in [6.07, 6.45) is -0.828. The van der Waals surface area contributed by atoms with E-state index < -0.39 is 6.43 Å². The van der Waals surface area contributed by atoms with Gasteiger partial charge >= 0.3 is 0 Å². The Kier molecular flexibility index (Phi) is 6.25. The van der Waals surface area contributed by atoms with Gasteiger partial charge in [-0.05, 0) is 46.3 Å². The molecule has 3 nitrogen and oxygen atoms in total. The number of alkyl halides is 2. The molecule has 124 valence electrons. The minimum absolute atomic E-state index is 0.299. The fourth-order valence-corrected chi connectivity index (χ4v) is 3.78. The van der Waals surface area contributed by atoms with Crippen LogP contribution in [0.3, 0.4) is 0 Å². The van der Waals surface area contributed by atoms with Gasteiger partial charge in [0, 0.05) is 11.1 Å². The van der Waals surface area contributed by atoms with Gasteiger partial charge in [0.1, 0.15) is 0 Å². The number of aromatic nitrogens is 3. The van der Waals surface area contributed by atoms with E-state index >= 15 is 0 Å². The first-order valence-corrected chi connectivity index (χ1v) is 9.56. The Balaban J connectivity index is 0.000000924. The molecule has 3 rings (SSSR count). The van der Waals surface area contributed by atoms with Gasteiger partial charge in [0.25, 0.3) is 6.43 Å². The average Bonchev–Trinajstić information content (AvgIpc) is 3.14. The molecule has 0 atom stereocenters. The van der Waals surface area contributed by atoms with Gasteiger partial charge in [0.2, 0.25) is 0 Å². The Morgan fingerprint density at radius 3 is 2.52 bits per heavy atom. The molecule has 0 bridgehead atoms. The topological polar surface area (TPSA) is 30.2 Å². The summed E-state index contributed by atoms with van der Waals surface area (Å²) >= 11 is 7.12. The molecule has 0 N–H and O–H groups in total. The van der Waals surface area contributed by atoms with Gasteiger partial charge in [-0.25, -0.2) is 8.78 Å². The van der Waals surface area contributed by atoms with Crippen LogP contribution in [0.2, 0.25) is 5.02 Å². The van der Waals surface area contributed by atoms with E-state index in [1.807, 2.05) is 26.8 Å². The molecule has 0 unspecified atom stereocenters. The molecule has 0 saturated heterocycles. The molecule has 3 aromatic rings. The first-order valence-electron chi connectivity index (χ1n) is 6.73. The molecule has 0 aliphatic carbocycles. The third-order valence-corrected chi connectivity index (χ3v) is 5.09. The Bertz CT molecular complexity index is 818. The van der Waals surface area contributed by atoms with Crippen molar-refractivity contribution in [3.8, 4) is 10.7 Å². The van der Waals surface area contributed by atoms with Gasteiger partial charge in [-0.1, -0.05) is 36.8 Å². The summed E-state index contributed by atoms with van der Waals surface area (Å²) in [5.41, 5.74) is 2.39. The smallest absolute Gasteiger partial charge is 0.291 e. The zero-order valence-electron chi connectivity index (χ0n) is 12.5. The molecule has 0 aromatic carbocycles. The molecule has 0 radical (unpaired) electrons. The van der Waals surface area contributed by atoms with Crippen molar-refractivity contribution in [3.63, 3.8) is 0 Å². The van der Waals surface area contributed by atoms with Crippen molar-refractivity contribution < 1.29 is 8.78 Å². The van der Waals surface area contributed by atoms with Crippen molar-refractivity contribution in [2.24, 2.45) is 0 Å². The molecule has 0 fully saturated rings. The highest BCUT2D eigenvalue weighted by Crippen LogP contribution is 2.36. The second-order valence-corrected chi connectivity index (χ2v) is 6.78. The molecule has 0 saturated carbocycles. The van der Waals surface area contributed by atoms with Crippen molar-refractivity contribution in [2.45, 2.75) is 32.1 Å². The molecule has 3 aromatic heterocycles. The van der Waals surface area contributed by atoms with Crippen LogP contribution in [0.5, 0.6) is 0 Å². The molecule has 9 heteroatoms. The molecule has 0 amide bonds. The number of hydrogen-bond acceptors (Lipinski definition) is 4. The lowest BCUT2D eigenvalue weighted by molar-refractivity contribution is 0.150. The van der Waals surface area contributed by atoms with Gasteiger partial charge in [0.15, 0.2) is 10.0 Å². The van der Waals surface area contributed by atoms with Crippen LogP contribution in [-0.4, -0.2) is 14.6 Å². The lowest BCUT2D eigenvalue weighted by Crippen LogP contribution is -1.89. The van der Waals surface area contributed by atoms with Crippen molar-refractivity contribution in [2.75, 3.05) is 0 Å². The number of rotatable bonds is 3. The summed E-state index contributed by atoms with van der Waals surface area (Å²) in [6.45, 7) is 5.90. The zero-order chi connectivity index (χ0) is 17.1. The average molecular weight is 396 g/mol. The molecule has 0 spiro atoms. The maximum absolute atomic E-state index is 12.7. The fraction of sp³-hybridized carbons (Fsp3) is 0.286. The van der Waals surface area contributed by atoms with E-state index in [0.29, 0.717) is 15.7 Å². The van der Waals surface area contributed by atoms with Crippen LogP contribution in [0.25, 0.3) is 16.2 Å². The second kappa shape index (κ2) is 7.79. The lowest BCUT2D eigenvalue weighted by atomic mass is 10.3. The number of aryl methyl sites for hydroxylation is 1. The molecule has 3 heterocycles. The highest BCUT2D eigenvalue weighted by molar-refractivity contribution is 8.21. The summed E-state index contributed by atoms with van der Waals surface area (Å²) in [6, 6.07) is 3.61. The Morgan fingerprint density at radius 2 is 1.96 bits per heavy atom. The van der Waals surface area contributed by atoms with E-state index in [-0.39, 0.29) is 5.01 Å². The second-order valence-electron chi connectivity index (χ2n) is 4.28. The Labute approximate surface area is 150 Å². The molecule has 0 aliphatic heterocycles. The van der Waals surface area contributed by atoms with E-state index in [9.17, 15) is 8.78 Å². The largest absolute Gasteiger partial charge is 0.311 e. The lowest BCUT2D eigenvalue weighted by Gasteiger charge is -2.04. The summed E-state index contributed by atoms with van der Waals surface area (Å²) in [5.74, 6) is 0. The van der Waals surface area contributed by atoms with Crippen LogP contribution < -0.4 is 0 Å². The van der Waals surface area contributed by atoms with Crippen LogP contribution in [0.1, 0.15) is 30.8 Å². The third-order valence-electron chi connectivity index (χ3n) is 2.91. The molecule has 0 aliphatic rings. The Hall–Kier alpha value is -0.890. The van der Waals surface area contributed by atoms with Crippen molar-refractivity contribution in [1.82, 2.24) is 14.6 Å². The predicted octanol–water partition coefficient (Wildman–Crippen LogP) is 6.63. The van der Waals surface area contributed by atoms with Crippen LogP contribution in [0.15, 0.2) is 23.2 Å². The van der Waals surface area contributed by atoms with Crippen molar-refractivity contribution >= 4 is 50.1 Å². The van der Waals surface area contributed by atoms with E-state index in [2.05, 4.69) is 10.2 Å². The monoisotopic (exact) mass is 395 g/mol. The van der Waals surface area contributed by atoms with Gasteiger partial charge in [-0.15, -0.1) is 10.2 Å². The third kappa shape index (κ3) is 3.63. The molecular weight excluding hydrogens is 383 g/mol. The fourth-order valence-electron chi connectivity index (χ4n) is 2.08. The quantitative estimate of drug-likeness (QED) is 0.498. The minimum Gasteiger partial charge on any atom is -0.311 e. The zero-order valence-corrected chi connectivity index (χ0v) is 15.6. The number of hydrogen-bond donors (Lipinski definition) is 0. The highest BCUT2D eigenvalue weighted by atomic mass is 35.7. The SMILES string of the molecule is CC.Cc1cc(-c2nnc(C(F)F)s2)n2cc(SCl)cc(Cl)c12. The highest BCUT2D eigenvalue weighted by Gasteiger charge is 2.19. The first kappa shape index (κ1) is 18.4. The Morgan fingerprint density at radius 1 is 1.26 bits per heavy atom. The summed E-state index contributed by atoms with van der Waals surface area (Å²) in [7, 11) is 6.81. The van der Waals surface area contributed by atoms with Crippen LogP contribution >= 0.6 is 44.6 Å². The summed E-state index contributed by atoms with van der Waals surface area (Å²) < 4.78 is 27.1. The van der Waals surface area contributed by atoms with Crippen molar-refractivity contribution in [1.29, 1.82) is 0 Å².